The molecule has 2 saturated carbocycles. The Morgan fingerprint density at radius 1 is 1.16 bits per heavy atom. The maximum absolute atomic E-state index is 12.3. The van der Waals surface area contributed by atoms with Gasteiger partial charge in [0.2, 0.25) is 0 Å². The Labute approximate surface area is 109 Å². The molecular formula is C13H15NO5. The van der Waals surface area contributed by atoms with E-state index in [1.807, 2.05) is 6.08 Å². The van der Waals surface area contributed by atoms with Gasteiger partial charge in [-0.05, 0) is 31.6 Å². The number of ketones is 1. The maximum atomic E-state index is 12.3. The van der Waals surface area contributed by atoms with E-state index >= 15 is 0 Å². The third-order valence-corrected chi connectivity index (χ3v) is 4.26. The summed E-state index contributed by atoms with van der Waals surface area (Å²) in [6, 6.07) is -1.79. The fourth-order valence-electron chi connectivity index (χ4n) is 3.23. The summed E-state index contributed by atoms with van der Waals surface area (Å²) in [5, 5.41) is 18.5. The maximum Gasteiger partial charge on any atom is 0.408 e. The molecule has 2 aliphatic heterocycles. The van der Waals surface area contributed by atoms with E-state index in [2.05, 4.69) is 0 Å². The summed E-state index contributed by atoms with van der Waals surface area (Å²) in [5.41, 5.74) is 0.527. The van der Waals surface area contributed by atoms with Gasteiger partial charge >= 0.3 is 12.1 Å². The van der Waals surface area contributed by atoms with E-state index in [0.29, 0.717) is 24.3 Å². The first kappa shape index (κ1) is 12.2. The lowest BCUT2D eigenvalue weighted by atomic mass is 9.70. The number of Topliss-reactive ketones (excluding diaryl/α,β-unsaturated/α-hetero) is 1. The molecule has 0 unspecified atom stereocenters. The van der Waals surface area contributed by atoms with Crippen molar-refractivity contribution in [3.8, 4) is 0 Å². The molecule has 0 aromatic heterocycles. The SMILES string of the molecule is O=C1/C(=C/C2CC2)[C@@H]2CC[C@H]1[C@@H](C(=O)O)N2C(=O)O. The van der Waals surface area contributed by atoms with Crippen LogP contribution in [0.15, 0.2) is 11.6 Å². The molecular weight excluding hydrogens is 250 g/mol. The predicted molar refractivity (Wildman–Crippen MR) is 63.6 cm³/mol. The number of piperidine rings is 2. The van der Waals surface area contributed by atoms with Crippen LogP contribution in [-0.2, 0) is 9.59 Å². The molecule has 4 rings (SSSR count). The Kier molecular flexibility index (Phi) is 2.62. The van der Waals surface area contributed by atoms with Crippen LogP contribution in [0.1, 0.15) is 25.7 Å². The zero-order valence-corrected chi connectivity index (χ0v) is 10.3. The normalized spacial score (nSPS) is 35.8. The monoisotopic (exact) mass is 265 g/mol. The minimum absolute atomic E-state index is 0.159. The number of fused-ring (bicyclic) bond motifs is 3. The number of carboxylic acids is 1. The van der Waals surface area contributed by atoms with E-state index in [9.17, 15) is 24.6 Å². The summed E-state index contributed by atoms with van der Waals surface area (Å²) >= 11 is 0. The highest BCUT2D eigenvalue weighted by Gasteiger charge is 2.54. The molecule has 3 atom stereocenters. The van der Waals surface area contributed by atoms with Crippen LogP contribution in [0.4, 0.5) is 4.79 Å². The number of carbonyl (C=O) groups excluding carboxylic acids is 1. The fourth-order valence-corrected chi connectivity index (χ4v) is 3.23. The van der Waals surface area contributed by atoms with Gasteiger partial charge in [-0.25, -0.2) is 9.59 Å². The van der Waals surface area contributed by atoms with E-state index < -0.39 is 30.1 Å². The van der Waals surface area contributed by atoms with Crippen LogP contribution < -0.4 is 0 Å². The summed E-state index contributed by atoms with van der Waals surface area (Å²) in [5.74, 6) is -1.73. The largest absolute Gasteiger partial charge is 0.480 e. The summed E-state index contributed by atoms with van der Waals surface area (Å²) in [7, 11) is 0. The van der Waals surface area contributed by atoms with Gasteiger partial charge in [0.05, 0.1) is 12.0 Å². The molecule has 0 spiro atoms. The lowest BCUT2D eigenvalue weighted by Crippen LogP contribution is -2.64. The Bertz CT molecular complexity index is 493. The van der Waals surface area contributed by atoms with Gasteiger partial charge in [-0.3, -0.25) is 9.69 Å². The molecule has 0 radical (unpaired) electrons. The minimum Gasteiger partial charge on any atom is -0.480 e. The van der Waals surface area contributed by atoms with Crippen LogP contribution >= 0.6 is 0 Å². The van der Waals surface area contributed by atoms with E-state index in [4.69, 9.17) is 0 Å². The highest BCUT2D eigenvalue weighted by molar-refractivity contribution is 6.05. The lowest BCUT2D eigenvalue weighted by molar-refractivity contribution is -0.153. The molecule has 19 heavy (non-hydrogen) atoms. The first-order valence-corrected chi connectivity index (χ1v) is 6.50. The summed E-state index contributed by atoms with van der Waals surface area (Å²) < 4.78 is 0. The highest BCUT2D eigenvalue weighted by atomic mass is 16.4. The van der Waals surface area contributed by atoms with Crippen molar-refractivity contribution in [2.45, 2.75) is 37.8 Å². The van der Waals surface area contributed by atoms with Crippen molar-refractivity contribution in [3.63, 3.8) is 0 Å². The van der Waals surface area contributed by atoms with Crippen molar-refractivity contribution >= 4 is 17.8 Å². The predicted octanol–water partition coefficient (Wildman–Crippen LogP) is 1.12. The lowest BCUT2D eigenvalue weighted by Gasteiger charge is -2.48. The number of aliphatic carboxylic acids is 1. The first-order valence-electron chi connectivity index (χ1n) is 6.50. The average molecular weight is 265 g/mol. The average Bonchev–Trinajstić information content (AvgIpc) is 3.16. The van der Waals surface area contributed by atoms with Crippen molar-refractivity contribution in [2.24, 2.45) is 11.8 Å². The Hall–Kier alpha value is -1.85. The molecule has 0 aromatic carbocycles. The van der Waals surface area contributed by atoms with E-state index in [1.54, 1.807) is 0 Å². The number of hydrogen-bond acceptors (Lipinski definition) is 3. The van der Waals surface area contributed by atoms with Crippen LogP contribution in [0.3, 0.4) is 0 Å². The topological polar surface area (TPSA) is 94.9 Å². The van der Waals surface area contributed by atoms with Crippen LogP contribution in [0.25, 0.3) is 0 Å². The number of carboxylic acid groups (broad SMARTS) is 2. The van der Waals surface area contributed by atoms with E-state index in [-0.39, 0.29) is 5.78 Å². The van der Waals surface area contributed by atoms with E-state index in [0.717, 1.165) is 17.7 Å². The molecule has 1 amide bonds. The fraction of sp³-hybridized carbons (Fsp3) is 0.615. The minimum atomic E-state index is -1.25. The van der Waals surface area contributed by atoms with Crippen LogP contribution in [0.2, 0.25) is 0 Å². The van der Waals surface area contributed by atoms with Gasteiger partial charge in [0.15, 0.2) is 5.78 Å². The standard InChI is InChI=1S/C13H15NO5/c15-11-7-3-4-9(8(11)5-6-1-2-6)14(13(18)19)10(7)12(16)17/h5-7,9-10H,1-4H2,(H,16,17)(H,18,19)/b8-5+/t7-,9-,10-/m0/s1. The summed E-state index contributed by atoms with van der Waals surface area (Å²) in [6.07, 6.45) is 3.69. The Morgan fingerprint density at radius 3 is 2.37 bits per heavy atom. The van der Waals surface area contributed by atoms with Crippen molar-refractivity contribution in [1.29, 1.82) is 0 Å². The molecule has 4 aliphatic rings. The van der Waals surface area contributed by atoms with E-state index in [1.165, 1.54) is 0 Å². The number of nitrogens with zero attached hydrogens (tertiary/aromatic N) is 1. The zero-order valence-electron chi connectivity index (χ0n) is 10.3. The molecule has 6 heteroatoms. The van der Waals surface area contributed by atoms with Crippen molar-refractivity contribution in [2.75, 3.05) is 0 Å². The second kappa shape index (κ2) is 4.08. The molecule has 0 aromatic rings. The smallest absolute Gasteiger partial charge is 0.408 e. The third-order valence-electron chi connectivity index (χ3n) is 4.26. The van der Waals surface area contributed by atoms with Crippen molar-refractivity contribution < 1.29 is 24.6 Å². The number of rotatable bonds is 2. The molecule has 2 saturated heterocycles. The Morgan fingerprint density at radius 2 is 1.84 bits per heavy atom. The quantitative estimate of drug-likeness (QED) is 0.729. The molecule has 2 heterocycles. The second-order valence-corrected chi connectivity index (χ2v) is 5.50. The van der Waals surface area contributed by atoms with Gasteiger partial charge < -0.3 is 10.2 Å². The van der Waals surface area contributed by atoms with Gasteiger partial charge in [0.1, 0.15) is 6.04 Å². The van der Waals surface area contributed by atoms with Gasteiger partial charge in [0.25, 0.3) is 0 Å². The van der Waals surface area contributed by atoms with Crippen LogP contribution in [-0.4, -0.2) is 45.0 Å². The van der Waals surface area contributed by atoms with Crippen LogP contribution in [0.5, 0.6) is 0 Å². The molecule has 2 aliphatic carbocycles. The number of carbonyl (C=O) groups is 3. The molecule has 4 fully saturated rings. The number of amides is 1. The number of allylic oxidation sites excluding steroid dienone is 1. The highest BCUT2D eigenvalue weighted by Crippen LogP contribution is 2.43. The molecule has 2 N–H and O–H groups in total. The van der Waals surface area contributed by atoms with Crippen LogP contribution in [0, 0.1) is 11.8 Å². The van der Waals surface area contributed by atoms with Crippen molar-refractivity contribution in [1.82, 2.24) is 4.90 Å². The van der Waals surface area contributed by atoms with Gasteiger partial charge in [-0.1, -0.05) is 6.08 Å². The zero-order chi connectivity index (χ0) is 13.7. The third kappa shape index (κ3) is 1.82. The Balaban J connectivity index is 2.01. The second-order valence-electron chi connectivity index (χ2n) is 5.50. The molecule has 102 valence electrons. The molecule has 2 bridgehead atoms. The van der Waals surface area contributed by atoms with Gasteiger partial charge in [-0.15, -0.1) is 0 Å². The summed E-state index contributed by atoms with van der Waals surface area (Å²) in [6.45, 7) is 0. The first-order chi connectivity index (χ1) is 9.00. The van der Waals surface area contributed by atoms with Gasteiger partial charge in [-0.2, -0.15) is 0 Å². The van der Waals surface area contributed by atoms with Crippen molar-refractivity contribution in [3.05, 3.63) is 11.6 Å². The number of hydrogen-bond donors (Lipinski definition) is 2. The molecule has 6 nitrogen and oxygen atoms in total. The summed E-state index contributed by atoms with van der Waals surface area (Å²) in [4.78, 5) is 35.9. The van der Waals surface area contributed by atoms with Gasteiger partial charge in [0, 0.05) is 5.57 Å².